The summed E-state index contributed by atoms with van der Waals surface area (Å²) in [6.45, 7) is 6.60. The maximum absolute atomic E-state index is 12.2. The summed E-state index contributed by atoms with van der Waals surface area (Å²) in [7, 11) is 1.29. The molecule has 0 fully saturated rings. The summed E-state index contributed by atoms with van der Waals surface area (Å²) in [5.74, 6) is 0.272. The lowest BCUT2D eigenvalue weighted by Crippen LogP contribution is -2.30. The van der Waals surface area contributed by atoms with Gasteiger partial charge in [-0.1, -0.05) is 48.3 Å². The number of rotatable bonds is 5. The number of hydrogen-bond donors (Lipinski definition) is 1. The Labute approximate surface area is 142 Å². The predicted molar refractivity (Wildman–Crippen MR) is 88.5 cm³/mol. The van der Waals surface area contributed by atoms with Gasteiger partial charge in [0.05, 0.1) is 10.6 Å². The molecule has 1 unspecified atom stereocenters. The molecule has 0 aliphatic heterocycles. The van der Waals surface area contributed by atoms with Gasteiger partial charge < -0.3 is 5.32 Å². The smallest absolute Gasteiger partial charge is 0.262 e. The summed E-state index contributed by atoms with van der Waals surface area (Å²) in [6, 6.07) is 2.72. The van der Waals surface area contributed by atoms with Crippen LogP contribution in [0.1, 0.15) is 31.1 Å². The SMILES string of the molecule is CC(C)C(C)CNC(=O)c1cc(Br)cc(S(=O)(=O)Cl)c1Cl. The van der Waals surface area contributed by atoms with E-state index in [1.807, 2.05) is 6.92 Å². The van der Waals surface area contributed by atoms with Crippen molar-refractivity contribution in [3.63, 3.8) is 0 Å². The molecule has 0 bridgehead atoms. The average Bonchev–Trinajstić information content (AvgIpc) is 2.36. The number of amides is 1. The highest BCUT2D eigenvalue weighted by molar-refractivity contribution is 9.10. The van der Waals surface area contributed by atoms with Gasteiger partial charge in [-0.25, -0.2) is 8.42 Å². The summed E-state index contributed by atoms with van der Waals surface area (Å²) >= 11 is 9.14. The fourth-order valence-corrected chi connectivity index (χ4v) is 3.68. The molecule has 1 atom stereocenters. The van der Waals surface area contributed by atoms with Crippen molar-refractivity contribution in [1.29, 1.82) is 0 Å². The van der Waals surface area contributed by atoms with Crippen LogP contribution < -0.4 is 5.32 Å². The Balaban J connectivity index is 3.08. The van der Waals surface area contributed by atoms with Gasteiger partial charge in [-0.05, 0) is 24.0 Å². The summed E-state index contributed by atoms with van der Waals surface area (Å²) < 4.78 is 23.3. The lowest BCUT2D eigenvalue weighted by Gasteiger charge is -2.16. The second-order valence-corrected chi connectivity index (χ2v) is 8.96. The molecular weight excluding hydrogens is 401 g/mol. The van der Waals surface area contributed by atoms with Crippen molar-refractivity contribution in [2.24, 2.45) is 11.8 Å². The van der Waals surface area contributed by atoms with Crippen LogP contribution in [0.5, 0.6) is 0 Å². The number of carbonyl (C=O) groups excluding carboxylic acids is 1. The Morgan fingerprint density at radius 1 is 1.33 bits per heavy atom. The zero-order valence-electron chi connectivity index (χ0n) is 11.8. The minimum Gasteiger partial charge on any atom is -0.352 e. The first-order valence-electron chi connectivity index (χ1n) is 6.26. The highest BCUT2D eigenvalue weighted by atomic mass is 79.9. The molecule has 1 amide bonds. The quantitative estimate of drug-likeness (QED) is 0.736. The van der Waals surface area contributed by atoms with Gasteiger partial charge in [0.2, 0.25) is 0 Å². The minimum atomic E-state index is -4.03. The fourth-order valence-electron chi connectivity index (χ4n) is 1.49. The average molecular weight is 417 g/mol. The van der Waals surface area contributed by atoms with Crippen molar-refractivity contribution in [3.8, 4) is 0 Å². The number of benzene rings is 1. The molecule has 0 aromatic heterocycles. The Kier molecular flexibility index (Phi) is 6.53. The molecule has 21 heavy (non-hydrogen) atoms. The topological polar surface area (TPSA) is 63.2 Å². The van der Waals surface area contributed by atoms with Gasteiger partial charge >= 0.3 is 0 Å². The number of hydrogen-bond acceptors (Lipinski definition) is 3. The highest BCUT2D eigenvalue weighted by Crippen LogP contribution is 2.31. The van der Waals surface area contributed by atoms with Gasteiger partial charge in [0.25, 0.3) is 15.0 Å². The van der Waals surface area contributed by atoms with Crippen molar-refractivity contribution in [2.45, 2.75) is 25.7 Å². The van der Waals surface area contributed by atoms with E-state index in [0.29, 0.717) is 16.9 Å². The second kappa shape index (κ2) is 7.31. The number of nitrogens with one attached hydrogen (secondary N) is 1. The van der Waals surface area contributed by atoms with Gasteiger partial charge in [-0.15, -0.1) is 0 Å². The Hall–Kier alpha value is -0.300. The van der Waals surface area contributed by atoms with Gasteiger partial charge in [0.1, 0.15) is 4.90 Å². The first-order valence-corrected chi connectivity index (χ1v) is 9.74. The molecule has 118 valence electrons. The van der Waals surface area contributed by atoms with Crippen LogP contribution in [0.4, 0.5) is 0 Å². The number of carbonyl (C=O) groups is 1. The molecule has 1 rings (SSSR count). The van der Waals surface area contributed by atoms with E-state index in [2.05, 4.69) is 35.1 Å². The van der Waals surface area contributed by atoms with Crippen LogP contribution in [0.2, 0.25) is 5.02 Å². The van der Waals surface area contributed by atoms with Crippen LogP contribution in [0.3, 0.4) is 0 Å². The van der Waals surface area contributed by atoms with Crippen LogP contribution in [-0.4, -0.2) is 20.9 Å². The molecule has 4 nitrogen and oxygen atoms in total. The van der Waals surface area contributed by atoms with E-state index in [1.54, 1.807) is 0 Å². The predicted octanol–water partition coefficient (Wildman–Crippen LogP) is 4.05. The van der Waals surface area contributed by atoms with E-state index in [0.717, 1.165) is 0 Å². The van der Waals surface area contributed by atoms with E-state index in [4.69, 9.17) is 22.3 Å². The van der Waals surface area contributed by atoms with Crippen molar-refractivity contribution in [2.75, 3.05) is 6.54 Å². The van der Waals surface area contributed by atoms with Crippen LogP contribution in [0, 0.1) is 11.8 Å². The third kappa shape index (κ3) is 5.13. The van der Waals surface area contributed by atoms with E-state index in [1.165, 1.54) is 12.1 Å². The number of halogens is 3. The van der Waals surface area contributed by atoms with Crippen molar-refractivity contribution in [1.82, 2.24) is 5.32 Å². The van der Waals surface area contributed by atoms with Crippen molar-refractivity contribution in [3.05, 3.63) is 27.2 Å². The third-order valence-corrected chi connectivity index (χ3v) is 5.56. The van der Waals surface area contributed by atoms with E-state index in [-0.39, 0.29) is 21.4 Å². The monoisotopic (exact) mass is 415 g/mol. The molecule has 0 aliphatic rings. The van der Waals surface area contributed by atoms with Crippen LogP contribution in [-0.2, 0) is 9.05 Å². The first kappa shape index (κ1) is 18.7. The Bertz CT molecular complexity index is 647. The molecule has 0 heterocycles. The Morgan fingerprint density at radius 2 is 1.90 bits per heavy atom. The Morgan fingerprint density at radius 3 is 2.38 bits per heavy atom. The molecule has 0 saturated carbocycles. The highest BCUT2D eigenvalue weighted by Gasteiger charge is 2.22. The second-order valence-electron chi connectivity index (χ2n) is 5.13. The molecule has 1 aromatic carbocycles. The zero-order chi connectivity index (χ0) is 16.4. The maximum atomic E-state index is 12.2. The molecule has 8 heteroatoms. The normalized spacial score (nSPS) is 13.3. The summed E-state index contributed by atoms with van der Waals surface area (Å²) in [6.07, 6.45) is 0. The van der Waals surface area contributed by atoms with Gasteiger partial charge in [0, 0.05) is 21.7 Å². The minimum absolute atomic E-state index is 0.0706. The van der Waals surface area contributed by atoms with Crippen LogP contribution in [0.15, 0.2) is 21.5 Å². The lowest BCUT2D eigenvalue weighted by molar-refractivity contribution is 0.0945. The largest absolute Gasteiger partial charge is 0.352 e. The standard InChI is InChI=1S/C13H16BrCl2NO3S/c1-7(2)8(3)6-17-13(18)10-4-9(14)5-11(12(10)15)21(16,19)20/h4-5,7-8H,6H2,1-3H3,(H,17,18). The van der Waals surface area contributed by atoms with Crippen LogP contribution in [0.25, 0.3) is 0 Å². The molecule has 1 aromatic rings. The third-order valence-electron chi connectivity index (χ3n) is 3.23. The molecule has 0 radical (unpaired) electrons. The lowest BCUT2D eigenvalue weighted by atomic mass is 9.98. The molecule has 1 N–H and O–H groups in total. The zero-order valence-corrected chi connectivity index (χ0v) is 15.7. The van der Waals surface area contributed by atoms with Gasteiger partial charge in [-0.3, -0.25) is 4.79 Å². The molecule has 0 saturated heterocycles. The molecule has 0 aliphatic carbocycles. The summed E-state index contributed by atoms with van der Waals surface area (Å²) in [5, 5.41) is 2.57. The van der Waals surface area contributed by atoms with E-state index >= 15 is 0 Å². The summed E-state index contributed by atoms with van der Waals surface area (Å²) in [5.41, 5.74) is 0.0706. The van der Waals surface area contributed by atoms with E-state index < -0.39 is 15.0 Å². The van der Waals surface area contributed by atoms with Gasteiger partial charge in [-0.2, -0.15) is 0 Å². The van der Waals surface area contributed by atoms with Crippen LogP contribution >= 0.6 is 38.2 Å². The molecular formula is C13H16BrCl2NO3S. The maximum Gasteiger partial charge on any atom is 0.262 e. The molecule has 0 spiro atoms. The van der Waals surface area contributed by atoms with Gasteiger partial charge in [0.15, 0.2) is 0 Å². The van der Waals surface area contributed by atoms with Crippen molar-refractivity contribution < 1.29 is 13.2 Å². The first-order chi connectivity index (χ1) is 9.54. The van der Waals surface area contributed by atoms with Crippen molar-refractivity contribution >= 4 is 53.2 Å². The van der Waals surface area contributed by atoms with E-state index in [9.17, 15) is 13.2 Å². The fraction of sp³-hybridized carbons (Fsp3) is 0.462. The summed E-state index contributed by atoms with van der Waals surface area (Å²) in [4.78, 5) is 11.9.